The van der Waals surface area contributed by atoms with E-state index in [4.69, 9.17) is 5.11 Å². The van der Waals surface area contributed by atoms with E-state index in [1.165, 1.54) is 22.3 Å². The number of carboxylic acids is 1. The summed E-state index contributed by atoms with van der Waals surface area (Å²) in [7, 11) is 0. The van der Waals surface area contributed by atoms with Crippen LogP contribution in [0.1, 0.15) is 23.3 Å². The van der Waals surface area contributed by atoms with Gasteiger partial charge in [0.25, 0.3) is 0 Å². The zero-order valence-corrected chi connectivity index (χ0v) is 14.3. The van der Waals surface area contributed by atoms with Crippen LogP contribution in [0.25, 0.3) is 0 Å². The molecular weight excluding hydrogens is 345 g/mol. The lowest BCUT2D eigenvalue weighted by Gasteiger charge is -2.30. The molecule has 8 heteroatoms. The van der Waals surface area contributed by atoms with E-state index in [2.05, 4.69) is 10.3 Å². The Morgan fingerprint density at radius 3 is 2.96 bits per heavy atom. The quantitative estimate of drug-likeness (QED) is 0.874. The molecule has 2 aromatic rings. The number of aromatic nitrogens is 1. The monoisotopic (exact) mass is 363 g/mol. The van der Waals surface area contributed by atoms with Gasteiger partial charge in [-0.2, -0.15) is 0 Å². The lowest BCUT2D eigenvalue weighted by atomic mass is 9.99. The number of amides is 2. The van der Waals surface area contributed by atoms with Crippen LogP contribution in [-0.4, -0.2) is 40.1 Å². The Hall–Kier alpha value is -2.48. The van der Waals surface area contributed by atoms with Crippen LogP contribution in [0, 0.1) is 11.7 Å². The fourth-order valence-electron chi connectivity index (χ4n) is 2.81. The second-order valence-corrected chi connectivity index (χ2v) is 7.07. The normalized spacial score (nSPS) is 17.3. The van der Waals surface area contributed by atoms with Gasteiger partial charge in [-0.3, -0.25) is 10.1 Å². The number of rotatable bonds is 4. The molecule has 1 saturated heterocycles. The second-order valence-electron chi connectivity index (χ2n) is 5.95. The first-order valence-electron chi connectivity index (χ1n) is 8.00. The third-order valence-electron chi connectivity index (χ3n) is 4.15. The van der Waals surface area contributed by atoms with Crippen LogP contribution in [0.15, 0.2) is 30.5 Å². The summed E-state index contributed by atoms with van der Waals surface area (Å²) in [5, 5.41) is 12.2. The number of anilines is 1. The van der Waals surface area contributed by atoms with Crippen molar-refractivity contribution in [2.45, 2.75) is 19.3 Å². The number of piperidine rings is 1. The predicted molar refractivity (Wildman–Crippen MR) is 92.3 cm³/mol. The van der Waals surface area contributed by atoms with Crippen molar-refractivity contribution in [3.8, 4) is 0 Å². The van der Waals surface area contributed by atoms with Crippen molar-refractivity contribution in [3.05, 3.63) is 46.7 Å². The van der Waals surface area contributed by atoms with Gasteiger partial charge in [-0.05, 0) is 24.5 Å². The molecular formula is C17H18FN3O3S. The first-order valence-corrected chi connectivity index (χ1v) is 8.81. The van der Waals surface area contributed by atoms with Gasteiger partial charge in [-0.1, -0.05) is 18.2 Å². The average Bonchev–Trinajstić information content (AvgIpc) is 3.04. The molecule has 6 nitrogen and oxygen atoms in total. The molecule has 0 aliphatic carbocycles. The van der Waals surface area contributed by atoms with Crippen LogP contribution >= 0.6 is 11.3 Å². The van der Waals surface area contributed by atoms with Gasteiger partial charge < -0.3 is 10.0 Å². The van der Waals surface area contributed by atoms with Gasteiger partial charge in [0, 0.05) is 30.6 Å². The van der Waals surface area contributed by atoms with Crippen molar-refractivity contribution in [2.24, 2.45) is 5.92 Å². The first-order chi connectivity index (χ1) is 12.0. The van der Waals surface area contributed by atoms with E-state index in [9.17, 15) is 14.0 Å². The maximum absolute atomic E-state index is 13.7. The standard InChI is InChI=1S/C17H18FN3O3S/c18-14-6-2-1-4-11(14)8-13-9-19-16(25-13)20-17(24)21-7-3-5-12(10-21)15(22)23/h1-2,4,6,9,12H,3,5,7-8,10H2,(H,22,23)(H,19,20,24). The van der Waals surface area contributed by atoms with Gasteiger partial charge in [0.15, 0.2) is 5.13 Å². The summed E-state index contributed by atoms with van der Waals surface area (Å²) in [6, 6.07) is 6.19. The van der Waals surface area contributed by atoms with Gasteiger partial charge >= 0.3 is 12.0 Å². The van der Waals surface area contributed by atoms with Gasteiger partial charge in [0.2, 0.25) is 0 Å². The maximum Gasteiger partial charge on any atom is 0.323 e. The minimum Gasteiger partial charge on any atom is -0.481 e. The van der Waals surface area contributed by atoms with E-state index in [0.29, 0.717) is 36.5 Å². The molecule has 1 fully saturated rings. The Balaban J connectivity index is 1.60. The molecule has 25 heavy (non-hydrogen) atoms. The molecule has 1 aromatic heterocycles. The third kappa shape index (κ3) is 4.33. The molecule has 0 spiro atoms. The summed E-state index contributed by atoms with van der Waals surface area (Å²) in [6.45, 7) is 0.734. The Bertz CT molecular complexity index is 780. The molecule has 1 aliphatic heterocycles. The summed E-state index contributed by atoms with van der Waals surface area (Å²) < 4.78 is 13.7. The third-order valence-corrected chi connectivity index (χ3v) is 5.06. The molecule has 2 amide bonds. The highest BCUT2D eigenvalue weighted by molar-refractivity contribution is 7.15. The molecule has 0 saturated carbocycles. The highest BCUT2D eigenvalue weighted by Crippen LogP contribution is 2.23. The number of halogens is 1. The number of urea groups is 1. The summed E-state index contributed by atoms with van der Waals surface area (Å²) in [6.07, 6.45) is 3.28. The van der Waals surface area contributed by atoms with Gasteiger partial charge in [0.05, 0.1) is 5.92 Å². The van der Waals surface area contributed by atoms with Gasteiger partial charge in [-0.25, -0.2) is 14.2 Å². The predicted octanol–water partition coefficient (Wildman–Crippen LogP) is 3.20. The summed E-state index contributed by atoms with van der Waals surface area (Å²) in [5.74, 6) is -1.67. The number of likely N-dealkylation sites (tertiary alicyclic amines) is 1. The van der Waals surface area contributed by atoms with Gasteiger partial charge in [-0.15, -0.1) is 11.3 Å². The molecule has 2 heterocycles. The van der Waals surface area contributed by atoms with Crippen molar-refractivity contribution >= 4 is 28.5 Å². The fraction of sp³-hybridized carbons (Fsp3) is 0.353. The minimum absolute atomic E-state index is 0.203. The van der Waals surface area contributed by atoms with Crippen LogP contribution in [0.4, 0.5) is 14.3 Å². The molecule has 2 N–H and O–H groups in total. The molecule has 132 valence electrons. The van der Waals surface area contributed by atoms with E-state index < -0.39 is 11.9 Å². The molecule has 0 bridgehead atoms. The molecule has 0 radical (unpaired) electrons. The van der Waals surface area contributed by atoms with E-state index >= 15 is 0 Å². The number of aliphatic carboxylic acids is 1. The van der Waals surface area contributed by atoms with Crippen LogP contribution in [0.2, 0.25) is 0 Å². The zero-order valence-electron chi connectivity index (χ0n) is 13.4. The van der Waals surface area contributed by atoms with Crippen molar-refractivity contribution in [2.75, 3.05) is 18.4 Å². The Morgan fingerprint density at radius 2 is 2.20 bits per heavy atom. The van der Waals surface area contributed by atoms with Crippen molar-refractivity contribution in [3.63, 3.8) is 0 Å². The SMILES string of the molecule is O=C(O)C1CCCN(C(=O)Nc2ncc(Cc3ccccc3F)s2)C1. The second kappa shape index (κ2) is 7.60. The molecule has 1 aliphatic rings. The lowest BCUT2D eigenvalue weighted by Crippen LogP contribution is -2.44. The number of nitrogens with zero attached hydrogens (tertiary/aromatic N) is 2. The van der Waals surface area contributed by atoms with E-state index in [1.807, 2.05) is 0 Å². The highest BCUT2D eigenvalue weighted by atomic mass is 32.1. The van der Waals surface area contributed by atoms with E-state index in [0.717, 1.165) is 4.88 Å². The number of carboxylic acid groups (broad SMARTS) is 1. The van der Waals surface area contributed by atoms with Crippen molar-refractivity contribution in [1.82, 2.24) is 9.88 Å². The summed E-state index contributed by atoms with van der Waals surface area (Å²) in [5.41, 5.74) is 0.573. The zero-order chi connectivity index (χ0) is 17.8. The smallest absolute Gasteiger partial charge is 0.323 e. The van der Waals surface area contributed by atoms with Crippen LogP contribution in [-0.2, 0) is 11.2 Å². The average molecular weight is 363 g/mol. The van der Waals surface area contributed by atoms with Crippen LogP contribution < -0.4 is 5.32 Å². The Labute approximate surface area is 148 Å². The Kier molecular flexibility index (Phi) is 5.28. The van der Waals surface area contributed by atoms with E-state index in [-0.39, 0.29) is 18.4 Å². The first kappa shape index (κ1) is 17.3. The van der Waals surface area contributed by atoms with E-state index in [1.54, 1.807) is 24.4 Å². The number of thiazole rings is 1. The fourth-order valence-corrected chi connectivity index (χ4v) is 3.64. The number of carbonyl (C=O) groups is 2. The minimum atomic E-state index is -0.876. The number of carbonyl (C=O) groups excluding carboxylic acids is 1. The number of nitrogens with one attached hydrogen (secondary N) is 1. The van der Waals surface area contributed by atoms with Crippen LogP contribution in [0.5, 0.6) is 0 Å². The van der Waals surface area contributed by atoms with Crippen LogP contribution in [0.3, 0.4) is 0 Å². The largest absolute Gasteiger partial charge is 0.481 e. The van der Waals surface area contributed by atoms with Gasteiger partial charge in [0.1, 0.15) is 5.82 Å². The molecule has 3 rings (SSSR count). The van der Waals surface area contributed by atoms with Crippen molar-refractivity contribution < 1.29 is 19.1 Å². The molecule has 1 aromatic carbocycles. The number of hydrogen-bond acceptors (Lipinski definition) is 4. The summed E-state index contributed by atoms with van der Waals surface area (Å²) in [4.78, 5) is 29.9. The molecule has 1 atom stereocenters. The molecule has 1 unspecified atom stereocenters. The maximum atomic E-state index is 13.7. The highest BCUT2D eigenvalue weighted by Gasteiger charge is 2.28. The topological polar surface area (TPSA) is 82.5 Å². The summed E-state index contributed by atoms with van der Waals surface area (Å²) >= 11 is 1.28. The Morgan fingerprint density at radius 1 is 1.40 bits per heavy atom. The lowest BCUT2D eigenvalue weighted by molar-refractivity contribution is -0.143. The van der Waals surface area contributed by atoms with Crippen molar-refractivity contribution in [1.29, 1.82) is 0 Å². The number of benzene rings is 1. The number of hydrogen-bond donors (Lipinski definition) is 2.